The van der Waals surface area contributed by atoms with Crippen LogP contribution in [-0.4, -0.2) is 67.1 Å². The number of nitrogens with two attached hydrogens (primary N) is 1. The third kappa shape index (κ3) is 4.18. The summed E-state index contributed by atoms with van der Waals surface area (Å²) in [6.45, 7) is 4.03. The second-order valence-corrected chi connectivity index (χ2v) is 5.00. The van der Waals surface area contributed by atoms with Gasteiger partial charge in [-0.25, -0.2) is 0 Å². The maximum atomic E-state index is 12.0. The molecule has 0 aliphatic carbocycles. The highest BCUT2D eigenvalue weighted by Gasteiger charge is 2.19. The van der Waals surface area contributed by atoms with Crippen molar-refractivity contribution in [1.29, 1.82) is 0 Å². The number of hydrogen-bond donors (Lipinski definition) is 1. The second kappa shape index (κ2) is 7.21. The first kappa shape index (κ1) is 14.7. The largest absolute Gasteiger partial charge is 0.482 e. The van der Waals surface area contributed by atoms with Crippen LogP contribution in [0.4, 0.5) is 0 Å². The summed E-state index contributed by atoms with van der Waals surface area (Å²) in [6, 6.07) is 3.71. The van der Waals surface area contributed by atoms with Gasteiger partial charge in [-0.05, 0) is 25.7 Å². The number of aromatic nitrogens is 1. The molecule has 6 heteroatoms. The first-order valence-electron chi connectivity index (χ1n) is 6.93. The first-order valence-corrected chi connectivity index (χ1v) is 6.93. The van der Waals surface area contributed by atoms with Crippen LogP contribution >= 0.6 is 0 Å². The highest BCUT2D eigenvalue weighted by Crippen LogP contribution is 2.10. The van der Waals surface area contributed by atoms with E-state index in [9.17, 15) is 4.79 Å². The minimum Gasteiger partial charge on any atom is -0.482 e. The van der Waals surface area contributed by atoms with Gasteiger partial charge in [0.05, 0.1) is 6.20 Å². The van der Waals surface area contributed by atoms with Gasteiger partial charge in [-0.15, -0.1) is 0 Å². The third-order valence-electron chi connectivity index (χ3n) is 3.42. The van der Waals surface area contributed by atoms with Gasteiger partial charge in [-0.1, -0.05) is 0 Å². The van der Waals surface area contributed by atoms with Crippen molar-refractivity contribution in [1.82, 2.24) is 14.8 Å². The van der Waals surface area contributed by atoms with Crippen molar-refractivity contribution in [3.8, 4) is 5.75 Å². The number of carbonyl (C=O) groups is 1. The van der Waals surface area contributed by atoms with Crippen LogP contribution in [0.1, 0.15) is 5.69 Å². The lowest BCUT2D eigenvalue weighted by molar-refractivity contribution is -0.134. The van der Waals surface area contributed by atoms with Crippen molar-refractivity contribution in [2.75, 3.05) is 46.4 Å². The molecule has 2 N–H and O–H groups in total. The Balaban J connectivity index is 1.78. The molecule has 0 aromatic carbocycles. The Bertz CT molecular complexity index is 427. The molecule has 0 spiro atoms. The molecule has 1 aliphatic heterocycles. The van der Waals surface area contributed by atoms with Crippen molar-refractivity contribution in [2.24, 2.45) is 5.73 Å². The van der Waals surface area contributed by atoms with Gasteiger partial charge >= 0.3 is 0 Å². The normalized spacial score (nSPS) is 16.2. The minimum absolute atomic E-state index is 0.0316. The van der Waals surface area contributed by atoms with Gasteiger partial charge < -0.3 is 20.3 Å². The van der Waals surface area contributed by atoms with Crippen molar-refractivity contribution in [3.63, 3.8) is 0 Å². The van der Waals surface area contributed by atoms with Gasteiger partial charge in [-0.3, -0.25) is 9.78 Å². The molecule has 0 bridgehead atoms. The zero-order valence-electron chi connectivity index (χ0n) is 11.9. The van der Waals surface area contributed by atoms with Crippen LogP contribution in [0.2, 0.25) is 0 Å². The topological polar surface area (TPSA) is 71.7 Å². The van der Waals surface area contributed by atoms with Crippen molar-refractivity contribution < 1.29 is 9.53 Å². The molecule has 0 unspecified atom stereocenters. The summed E-state index contributed by atoms with van der Waals surface area (Å²) in [6.07, 6.45) is 2.39. The van der Waals surface area contributed by atoms with Crippen LogP contribution in [0, 0.1) is 0 Å². The fourth-order valence-electron chi connectivity index (χ4n) is 2.08. The lowest BCUT2D eigenvalue weighted by atomic mass is 10.3. The van der Waals surface area contributed by atoms with E-state index >= 15 is 0 Å². The van der Waals surface area contributed by atoms with E-state index in [1.807, 2.05) is 17.0 Å². The quantitative estimate of drug-likeness (QED) is 0.803. The smallest absolute Gasteiger partial charge is 0.260 e. The molecule has 2 heterocycles. The average molecular weight is 278 g/mol. The van der Waals surface area contributed by atoms with Crippen LogP contribution < -0.4 is 10.5 Å². The molecule has 0 radical (unpaired) electrons. The Morgan fingerprint density at radius 3 is 2.70 bits per heavy atom. The Labute approximate surface area is 119 Å². The van der Waals surface area contributed by atoms with E-state index in [0.717, 1.165) is 38.3 Å². The SMILES string of the molecule is CN1CCN(C(=O)COc2ccc(CCN)nc2)CC1. The summed E-state index contributed by atoms with van der Waals surface area (Å²) in [5.41, 5.74) is 6.40. The van der Waals surface area contributed by atoms with Crippen molar-refractivity contribution in [3.05, 3.63) is 24.0 Å². The number of hydrogen-bond acceptors (Lipinski definition) is 5. The molecular formula is C14H22N4O2. The number of nitrogens with zero attached hydrogens (tertiary/aromatic N) is 3. The Morgan fingerprint density at radius 2 is 2.10 bits per heavy atom. The summed E-state index contributed by atoms with van der Waals surface area (Å²) < 4.78 is 5.48. The van der Waals surface area contributed by atoms with E-state index in [4.69, 9.17) is 10.5 Å². The van der Waals surface area contributed by atoms with Crippen LogP contribution in [0.3, 0.4) is 0 Å². The molecule has 6 nitrogen and oxygen atoms in total. The first-order chi connectivity index (χ1) is 9.69. The highest BCUT2D eigenvalue weighted by atomic mass is 16.5. The summed E-state index contributed by atoms with van der Waals surface area (Å²) in [5.74, 6) is 0.650. The summed E-state index contributed by atoms with van der Waals surface area (Å²) >= 11 is 0. The summed E-state index contributed by atoms with van der Waals surface area (Å²) in [4.78, 5) is 20.3. The van der Waals surface area contributed by atoms with Crippen LogP contribution in [0.5, 0.6) is 5.75 Å². The fraction of sp³-hybridized carbons (Fsp3) is 0.571. The van der Waals surface area contributed by atoms with Gasteiger partial charge in [0.15, 0.2) is 6.61 Å². The van der Waals surface area contributed by atoms with Crippen molar-refractivity contribution >= 4 is 5.91 Å². The molecule has 1 aliphatic rings. The molecule has 1 aromatic heterocycles. The minimum atomic E-state index is 0.0316. The number of piperazine rings is 1. The number of carbonyl (C=O) groups excluding carboxylic acids is 1. The number of likely N-dealkylation sites (N-methyl/N-ethyl adjacent to an activating group) is 1. The standard InChI is InChI=1S/C14H22N4O2/c1-17-6-8-18(9-7-17)14(19)11-20-13-3-2-12(4-5-15)16-10-13/h2-3,10H,4-9,11,15H2,1H3. The fourth-order valence-corrected chi connectivity index (χ4v) is 2.08. The molecule has 0 saturated carbocycles. The maximum absolute atomic E-state index is 12.0. The Morgan fingerprint density at radius 1 is 1.35 bits per heavy atom. The molecule has 1 fully saturated rings. The van der Waals surface area contributed by atoms with Crippen LogP contribution in [0.15, 0.2) is 18.3 Å². The van der Waals surface area contributed by atoms with Gasteiger partial charge in [0, 0.05) is 38.3 Å². The Kier molecular flexibility index (Phi) is 5.31. The molecule has 1 amide bonds. The molecule has 2 rings (SSSR count). The van der Waals surface area contributed by atoms with E-state index in [-0.39, 0.29) is 12.5 Å². The highest BCUT2D eigenvalue weighted by molar-refractivity contribution is 5.77. The number of pyridine rings is 1. The third-order valence-corrected chi connectivity index (χ3v) is 3.42. The molecule has 0 atom stereocenters. The molecular weight excluding hydrogens is 256 g/mol. The number of rotatable bonds is 5. The molecule has 20 heavy (non-hydrogen) atoms. The summed E-state index contributed by atoms with van der Waals surface area (Å²) in [7, 11) is 2.06. The predicted molar refractivity (Wildman–Crippen MR) is 76.6 cm³/mol. The van der Waals surface area contributed by atoms with E-state index in [2.05, 4.69) is 16.9 Å². The van der Waals surface area contributed by atoms with E-state index < -0.39 is 0 Å². The van der Waals surface area contributed by atoms with E-state index in [1.165, 1.54) is 0 Å². The maximum Gasteiger partial charge on any atom is 0.260 e. The number of ether oxygens (including phenoxy) is 1. The Hall–Kier alpha value is -1.66. The van der Waals surface area contributed by atoms with Crippen LogP contribution in [-0.2, 0) is 11.2 Å². The van der Waals surface area contributed by atoms with Crippen LogP contribution in [0.25, 0.3) is 0 Å². The summed E-state index contributed by atoms with van der Waals surface area (Å²) in [5, 5.41) is 0. The van der Waals surface area contributed by atoms with E-state index in [0.29, 0.717) is 12.3 Å². The predicted octanol–water partition coefficient (Wildman–Crippen LogP) is -0.264. The monoisotopic (exact) mass is 278 g/mol. The zero-order chi connectivity index (χ0) is 14.4. The van der Waals surface area contributed by atoms with Gasteiger partial charge in [-0.2, -0.15) is 0 Å². The number of amides is 1. The van der Waals surface area contributed by atoms with Gasteiger partial charge in [0.2, 0.25) is 0 Å². The second-order valence-electron chi connectivity index (χ2n) is 5.00. The van der Waals surface area contributed by atoms with Gasteiger partial charge in [0.25, 0.3) is 5.91 Å². The molecule has 1 saturated heterocycles. The zero-order valence-corrected chi connectivity index (χ0v) is 11.9. The van der Waals surface area contributed by atoms with E-state index in [1.54, 1.807) is 6.20 Å². The van der Waals surface area contributed by atoms with Crippen molar-refractivity contribution in [2.45, 2.75) is 6.42 Å². The van der Waals surface area contributed by atoms with Gasteiger partial charge in [0.1, 0.15) is 5.75 Å². The molecule has 1 aromatic rings. The lowest BCUT2D eigenvalue weighted by Crippen LogP contribution is -2.48. The lowest BCUT2D eigenvalue weighted by Gasteiger charge is -2.32. The average Bonchev–Trinajstić information content (AvgIpc) is 2.47. The molecule has 110 valence electrons.